The van der Waals surface area contributed by atoms with Crippen LogP contribution in [0.1, 0.15) is 35.6 Å². The molecule has 3 rings (SSSR count). The number of nitrogens with one attached hydrogen (secondary N) is 1. The summed E-state index contributed by atoms with van der Waals surface area (Å²) in [5, 5.41) is 12.5. The van der Waals surface area contributed by atoms with Crippen LogP contribution in [-0.2, 0) is 6.54 Å². The van der Waals surface area contributed by atoms with Gasteiger partial charge in [-0.05, 0) is 36.8 Å². The lowest BCUT2D eigenvalue weighted by Crippen LogP contribution is -2.43. The van der Waals surface area contributed by atoms with Crippen molar-refractivity contribution in [3.8, 4) is 0 Å². The van der Waals surface area contributed by atoms with E-state index >= 15 is 0 Å². The van der Waals surface area contributed by atoms with Gasteiger partial charge >= 0.3 is 6.03 Å². The van der Waals surface area contributed by atoms with Gasteiger partial charge in [0.2, 0.25) is 0 Å². The van der Waals surface area contributed by atoms with E-state index in [0.717, 1.165) is 24.0 Å². The van der Waals surface area contributed by atoms with E-state index in [-0.39, 0.29) is 18.7 Å². The van der Waals surface area contributed by atoms with Crippen LogP contribution in [0.25, 0.3) is 0 Å². The summed E-state index contributed by atoms with van der Waals surface area (Å²) in [7, 11) is 0. The first-order valence-electron chi connectivity index (χ1n) is 8.94. The number of nitrogens with zero attached hydrogens (tertiary/aromatic N) is 1. The molecule has 25 heavy (non-hydrogen) atoms. The Morgan fingerprint density at radius 3 is 2.44 bits per heavy atom. The zero-order valence-electron chi connectivity index (χ0n) is 14.7. The van der Waals surface area contributed by atoms with Crippen LogP contribution >= 0.6 is 0 Å². The highest BCUT2D eigenvalue weighted by Crippen LogP contribution is 2.41. The summed E-state index contributed by atoms with van der Waals surface area (Å²) in [5.41, 5.74) is 3.44. The Bertz CT molecular complexity index is 681. The molecule has 0 saturated heterocycles. The highest BCUT2D eigenvalue weighted by molar-refractivity contribution is 5.75. The molecule has 1 aliphatic rings. The van der Waals surface area contributed by atoms with E-state index in [0.29, 0.717) is 19.0 Å². The molecule has 0 spiro atoms. The third-order valence-corrected chi connectivity index (χ3v) is 4.68. The van der Waals surface area contributed by atoms with E-state index in [1.807, 2.05) is 30.3 Å². The Labute approximate surface area is 149 Å². The zero-order valence-corrected chi connectivity index (χ0v) is 14.7. The van der Waals surface area contributed by atoms with Crippen molar-refractivity contribution in [2.24, 2.45) is 5.92 Å². The third kappa shape index (κ3) is 4.83. The van der Waals surface area contributed by atoms with Gasteiger partial charge in [-0.1, -0.05) is 60.2 Å². The van der Waals surface area contributed by atoms with Gasteiger partial charge in [-0.3, -0.25) is 0 Å². The van der Waals surface area contributed by atoms with Crippen molar-refractivity contribution in [1.82, 2.24) is 10.2 Å². The number of hydrogen-bond donors (Lipinski definition) is 2. The zero-order chi connectivity index (χ0) is 17.6. The van der Waals surface area contributed by atoms with E-state index in [1.165, 1.54) is 5.56 Å². The van der Waals surface area contributed by atoms with Crippen molar-refractivity contribution in [1.29, 1.82) is 0 Å². The van der Waals surface area contributed by atoms with Crippen LogP contribution in [0.3, 0.4) is 0 Å². The molecule has 4 nitrogen and oxygen atoms in total. The van der Waals surface area contributed by atoms with Gasteiger partial charge in [-0.25, -0.2) is 4.79 Å². The largest absolute Gasteiger partial charge is 0.395 e. The Morgan fingerprint density at radius 2 is 1.84 bits per heavy atom. The summed E-state index contributed by atoms with van der Waals surface area (Å²) in [5.74, 6) is 0.513. The summed E-state index contributed by atoms with van der Waals surface area (Å²) < 4.78 is 0. The molecule has 0 aromatic heterocycles. The van der Waals surface area contributed by atoms with E-state index in [1.54, 1.807) is 4.90 Å². The van der Waals surface area contributed by atoms with Crippen LogP contribution < -0.4 is 5.32 Å². The number of carbonyl (C=O) groups is 1. The molecule has 0 bridgehead atoms. The molecule has 132 valence electrons. The molecule has 0 aliphatic heterocycles. The van der Waals surface area contributed by atoms with E-state index in [2.05, 4.69) is 36.5 Å². The molecule has 1 atom stereocenters. The minimum absolute atomic E-state index is 0.0428. The van der Waals surface area contributed by atoms with Gasteiger partial charge in [0.1, 0.15) is 0 Å². The molecule has 0 heterocycles. The monoisotopic (exact) mass is 338 g/mol. The van der Waals surface area contributed by atoms with Crippen molar-refractivity contribution in [2.75, 3.05) is 13.2 Å². The van der Waals surface area contributed by atoms with Crippen LogP contribution in [0.15, 0.2) is 54.6 Å². The molecule has 1 saturated carbocycles. The summed E-state index contributed by atoms with van der Waals surface area (Å²) in [6.45, 7) is 2.85. The maximum Gasteiger partial charge on any atom is 0.318 e. The first kappa shape index (κ1) is 17.5. The third-order valence-electron chi connectivity index (χ3n) is 4.68. The SMILES string of the molecule is Cc1ccc(C(NC(=O)N(CCO)Cc2ccccc2)C2CC2)cc1. The van der Waals surface area contributed by atoms with Crippen molar-refractivity contribution >= 4 is 6.03 Å². The number of carbonyl (C=O) groups excluding carboxylic acids is 1. The lowest BCUT2D eigenvalue weighted by Gasteiger charge is -2.26. The highest BCUT2D eigenvalue weighted by Gasteiger charge is 2.34. The fourth-order valence-corrected chi connectivity index (χ4v) is 3.08. The standard InChI is InChI=1S/C21H26N2O2/c1-16-7-9-18(10-8-16)20(19-11-12-19)22-21(25)23(13-14-24)15-17-5-3-2-4-6-17/h2-10,19-20,24H,11-15H2,1H3,(H,22,25). The van der Waals surface area contributed by atoms with Gasteiger partial charge in [-0.15, -0.1) is 0 Å². The maximum atomic E-state index is 12.8. The smallest absolute Gasteiger partial charge is 0.318 e. The van der Waals surface area contributed by atoms with Gasteiger partial charge in [0.25, 0.3) is 0 Å². The molecule has 1 fully saturated rings. The predicted molar refractivity (Wildman–Crippen MR) is 99.1 cm³/mol. The van der Waals surface area contributed by atoms with Gasteiger partial charge in [0.15, 0.2) is 0 Å². The van der Waals surface area contributed by atoms with E-state index in [9.17, 15) is 9.90 Å². The number of aryl methyl sites for hydroxylation is 1. The number of benzene rings is 2. The van der Waals surface area contributed by atoms with Crippen LogP contribution in [0, 0.1) is 12.8 Å². The van der Waals surface area contributed by atoms with Crippen LogP contribution in [-0.4, -0.2) is 29.2 Å². The second-order valence-electron chi connectivity index (χ2n) is 6.81. The Hall–Kier alpha value is -2.33. The Kier molecular flexibility index (Phi) is 5.71. The summed E-state index contributed by atoms with van der Waals surface area (Å²) in [6, 6.07) is 18.2. The molecule has 2 amide bonds. The minimum Gasteiger partial charge on any atom is -0.395 e. The number of urea groups is 1. The number of aliphatic hydroxyl groups is 1. The van der Waals surface area contributed by atoms with Crippen molar-refractivity contribution in [2.45, 2.75) is 32.4 Å². The summed E-state index contributed by atoms with van der Waals surface area (Å²) in [4.78, 5) is 14.5. The molecule has 2 aromatic carbocycles. The average molecular weight is 338 g/mol. The summed E-state index contributed by atoms with van der Waals surface area (Å²) >= 11 is 0. The van der Waals surface area contributed by atoms with E-state index in [4.69, 9.17) is 0 Å². The molecule has 1 unspecified atom stereocenters. The van der Waals surface area contributed by atoms with Gasteiger partial charge in [-0.2, -0.15) is 0 Å². The van der Waals surface area contributed by atoms with Crippen molar-refractivity contribution in [3.63, 3.8) is 0 Å². The predicted octanol–water partition coefficient (Wildman–Crippen LogP) is 3.65. The van der Waals surface area contributed by atoms with Gasteiger partial charge < -0.3 is 15.3 Å². The lowest BCUT2D eigenvalue weighted by atomic mass is 10.0. The second-order valence-corrected chi connectivity index (χ2v) is 6.81. The van der Waals surface area contributed by atoms with Crippen molar-refractivity contribution < 1.29 is 9.90 Å². The minimum atomic E-state index is -0.115. The Morgan fingerprint density at radius 1 is 1.16 bits per heavy atom. The molecule has 2 N–H and O–H groups in total. The maximum absolute atomic E-state index is 12.8. The fourth-order valence-electron chi connectivity index (χ4n) is 3.08. The number of aliphatic hydroxyl groups excluding tert-OH is 1. The highest BCUT2D eigenvalue weighted by atomic mass is 16.3. The van der Waals surface area contributed by atoms with Crippen LogP contribution in [0.2, 0.25) is 0 Å². The molecule has 1 aliphatic carbocycles. The average Bonchev–Trinajstić information content (AvgIpc) is 3.46. The van der Waals surface area contributed by atoms with Gasteiger partial charge in [0, 0.05) is 13.1 Å². The van der Waals surface area contributed by atoms with Crippen molar-refractivity contribution in [3.05, 3.63) is 71.3 Å². The van der Waals surface area contributed by atoms with Crippen LogP contribution in [0.4, 0.5) is 4.79 Å². The number of hydrogen-bond acceptors (Lipinski definition) is 2. The first-order valence-corrected chi connectivity index (χ1v) is 8.94. The molecular weight excluding hydrogens is 312 g/mol. The second kappa shape index (κ2) is 8.17. The molecule has 0 radical (unpaired) electrons. The number of amides is 2. The number of rotatable bonds is 7. The molecule has 4 heteroatoms. The molecule has 2 aromatic rings. The first-order chi connectivity index (χ1) is 12.2. The lowest BCUT2D eigenvalue weighted by molar-refractivity contribution is 0.169. The Balaban J connectivity index is 1.70. The fraction of sp³-hybridized carbons (Fsp3) is 0.381. The van der Waals surface area contributed by atoms with Gasteiger partial charge in [0.05, 0.1) is 12.6 Å². The molecular formula is C21H26N2O2. The normalized spacial score (nSPS) is 14.8. The quantitative estimate of drug-likeness (QED) is 0.810. The van der Waals surface area contributed by atoms with Crippen LogP contribution in [0.5, 0.6) is 0 Å². The van der Waals surface area contributed by atoms with E-state index < -0.39 is 0 Å². The summed E-state index contributed by atoms with van der Waals surface area (Å²) in [6.07, 6.45) is 2.30. The topological polar surface area (TPSA) is 52.6 Å².